The first-order valence-corrected chi connectivity index (χ1v) is 8.08. The molecule has 0 aliphatic heterocycles. The van der Waals surface area contributed by atoms with Crippen molar-refractivity contribution in [3.05, 3.63) is 11.4 Å². The Hall–Kier alpha value is -1.37. The van der Waals surface area contributed by atoms with Gasteiger partial charge in [-0.3, -0.25) is 0 Å². The summed E-state index contributed by atoms with van der Waals surface area (Å²) in [5.41, 5.74) is 2.00. The van der Waals surface area contributed by atoms with E-state index in [1.54, 1.807) is 0 Å². The second-order valence-corrected chi connectivity index (χ2v) is 7.32. The van der Waals surface area contributed by atoms with Crippen LogP contribution in [0.25, 0.3) is 0 Å². The lowest BCUT2D eigenvalue weighted by Gasteiger charge is -2.56. The van der Waals surface area contributed by atoms with Gasteiger partial charge < -0.3 is 0 Å². The smallest absolute Gasteiger partial charge is 0.186 e. The highest BCUT2D eigenvalue weighted by molar-refractivity contribution is 5.34. The minimum atomic E-state index is 0.221. The molecule has 1 heterocycles. The van der Waals surface area contributed by atoms with E-state index < -0.39 is 0 Å². The van der Waals surface area contributed by atoms with Crippen molar-refractivity contribution in [1.29, 1.82) is 5.26 Å². The molecule has 4 nitrogen and oxygen atoms in total. The maximum atomic E-state index is 9.44. The minimum Gasteiger partial charge on any atom is -0.247 e. The van der Waals surface area contributed by atoms with E-state index >= 15 is 0 Å². The van der Waals surface area contributed by atoms with Crippen molar-refractivity contribution in [3.8, 4) is 6.07 Å². The lowest BCUT2D eigenvalue weighted by atomic mass is 9.48. The molecule has 106 valence electrons. The molecule has 0 amide bonds. The maximum absolute atomic E-state index is 9.44. The van der Waals surface area contributed by atoms with Crippen LogP contribution in [0, 0.1) is 29.1 Å². The van der Waals surface area contributed by atoms with Gasteiger partial charge in [-0.25, -0.2) is 4.68 Å². The van der Waals surface area contributed by atoms with Gasteiger partial charge >= 0.3 is 0 Å². The third-order valence-corrected chi connectivity index (χ3v) is 5.82. The van der Waals surface area contributed by atoms with Gasteiger partial charge in [-0.05, 0) is 62.7 Å². The fourth-order valence-corrected chi connectivity index (χ4v) is 5.68. The summed E-state index contributed by atoms with van der Waals surface area (Å²) < 4.78 is 2.05. The van der Waals surface area contributed by atoms with Crippen LogP contribution in [0.3, 0.4) is 0 Å². The molecule has 4 fully saturated rings. The van der Waals surface area contributed by atoms with E-state index in [9.17, 15) is 5.26 Å². The Bertz CT molecular complexity index is 530. The van der Waals surface area contributed by atoms with E-state index in [2.05, 4.69) is 23.3 Å². The summed E-state index contributed by atoms with van der Waals surface area (Å²) in [6.45, 7) is 3.06. The van der Waals surface area contributed by atoms with Crippen molar-refractivity contribution < 1.29 is 0 Å². The number of aryl methyl sites for hydroxylation is 1. The first-order chi connectivity index (χ1) is 9.74. The molecule has 1 aromatic rings. The van der Waals surface area contributed by atoms with Crippen LogP contribution in [0.1, 0.15) is 63.3 Å². The second-order valence-electron chi connectivity index (χ2n) is 7.32. The van der Waals surface area contributed by atoms with Crippen LogP contribution < -0.4 is 0 Å². The van der Waals surface area contributed by atoms with Crippen molar-refractivity contribution in [3.63, 3.8) is 0 Å². The highest BCUT2D eigenvalue weighted by atomic mass is 15.4. The summed E-state index contributed by atoms with van der Waals surface area (Å²) in [6, 6.07) is 2.30. The standard InChI is InChI=1S/C16H22N4/c1-2-3-20-15(14(10-17)18-19-20)16-7-11-4-12(8-16)6-13(5-11)9-16/h11-13H,2-9H2,1H3. The largest absolute Gasteiger partial charge is 0.247 e. The SMILES string of the molecule is CCCn1nnc(C#N)c1C12CC3CC(CC(C3)C1)C2. The van der Waals surface area contributed by atoms with Crippen molar-refractivity contribution in [2.45, 2.75) is 63.8 Å². The first-order valence-electron chi connectivity index (χ1n) is 8.08. The van der Waals surface area contributed by atoms with Gasteiger partial charge in [0.25, 0.3) is 0 Å². The van der Waals surface area contributed by atoms with E-state index in [0.717, 1.165) is 30.7 Å². The fourth-order valence-electron chi connectivity index (χ4n) is 5.68. The molecule has 0 unspecified atom stereocenters. The van der Waals surface area contributed by atoms with Gasteiger partial charge in [0, 0.05) is 12.0 Å². The molecule has 5 rings (SSSR count). The highest BCUT2D eigenvalue weighted by Gasteiger charge is 2.54. The van der Waals surface area contributed by atoms with E-state index in [4.69, 9.17) is 0 Å². The van der Waals surface area contributed by atoms with Crippen molar-refractivity contribution in [1.82, 2.24) is 15.0 Å². The van der Waals surface area contributed by atoms with Gasteiger partial charge in [-0.1, -0.05) is 12.1 Å². The number of rotatable bonds is 3. The van der Waals surface area contributed by atoms with Crippen molar-refractivity contribution in [2.75, 3.05) is 0 Å². The number of nitriles is 1. The summed E-state index contributed by atoms with van der Waals surface area (Å²) in [7, 11) is 0. The van der Waals surface area contributed by atoms with Gasteiger partial charge in [-0.2, -0.15) is 5.26 Å². The quantitative estimate of drug-likeness (QED) is 0.848. The molecule has 4 saturated carbocycles. The zero-order valence-electron chi connectivity index (χ0n) is 12.2. The van der Waals surface area contributed by atoms with Crippen LogP contribution in [0.15, 0.2) is 0 Å². The molecule has 1 aromatic heterocycles. The molecule has 0 aromatic carbocycles. The first kappa shape index (κ1) is 12.4. The Morgan fingerprint density at radius 2 is 1.80 bits per heavy atom. The van der Waals surface area contributed by atoms with Gasteiger partial charge in [0.15, 0.2) is 5.69 Å². The average molecular weight is 270 g/mol. The Morgan fingerprint density at radius 1 is 1.20 bits per heavy atom. The number of nitrogens with zero attached hydrogens (tertiary/aromatic N) is 4. The number of hydrogen-bond donors (Lipinski definition) is 0. The molecule has 20 heavy (non-hydrogen) atoms. The molecular formula is C16H22N4. The van der Waals surface area contributed by atoms with Crippen LogP contribution in [0.2, 0.25) is 0 Å². The van der Waals surface area contributed by atoms with Crippen LogP contribution in [-0.2, 0) is 12.0 Å². The van der Waals surface area contributed by atoms with Crippen LogP contribution >= 0.6 is 0 Å². The molecule has 0 radical (unpaired) electrons. The maximum Gasteiger partial charge on any atom is 0.186 e. The molecule has 0 saturated heterocycles. The zero-order valence-corrected chi connectivity index (χ0v) is 12.2. The molecule has 0 N–H and O–H groups in total. The topological polar surface area (TPSA) is 54.5 Å². The van der Waals surface area contributed by atoms with Crippen LogP contribution in [-0.4, -0.2) is 15.0 Å². The number of hydrogen-bond acceptors (Lipinski definition) is 3. The lowest BCUT2D eigenvalue weighted by Crippen LogP contribution is -2.49. The van der Waals surface area contributed by atoms with Gasteiger partial charge in [-0.15, -0.1) is 5.10 Å². The summed E-state index contributed by atoms with van der Waals surface area (Å²) >= 11 is 0. The highest BCUT2D eigenvalue weighted by Crippen LogP contribution is 2.60. The summed E-state index contributed by atoms with van der Waals surface area (Å²) in [4.78, 5) is 0. The van der Waals surface area contributed by atoms with Crippen LogP contribution in [0.4, 0.5) is 0 Å². The lowest BCUT2D eigenvalue weighted by molar-refractivity contribution is -0.00947. The Labute approximate surface area is 120 Å². The van der Waals surface area contributed by atoms with E-state index in [1.165, 1.54) is 44.2 Å². The van der Waals surface area contributed by atoms with Crippen molar-refractivity contribution >= 4 is 0 Å². The predicted octanol–water partition coefficient (Wildman–Crippen LogP) is 3.03. The van der Waals surface area contributed by atoms with E-state index in [1.807, 2.05) is 4.68 Å². The third-order valence-electron chi connectivity index (χ3n) is 5.82. The van der Waals surface area contributed by atoms with Gasteiger partial charge in [0.2, 0.25) is 0 Å². The average Bonchev–Trinajstić information content (AvgIpc) is 2.81. The predicted molar refractivity (Wildman–Crippen MR) is 74.9 cm³/mol. The number of aromatic nitrogens is 3. The molecule has 4 bridgehead atoms. The van der Waals surface area contributed by atoms with Gasteiger partial charge in [0.05, 0.1) is 5.69 Å². The van der Waals surface area contributed by atoms with Gasteiger partial charge in [0.1, 0.15) is 6.07 Å². The Balaban J connectivity index is 1.80. The van der Waals surface area contributed by atoms with E-state index in [-0.39, 0.29) is 5.41 Å². The Kier molecular flexibility index (Phi) is 2.67. The second kappa shape index (κ2) is 4.31. The molecular weight excluding hydrogens is 248 g/mol. The molecule has 0 spiro atoms. The summed E-state index contributed by atoms with van der Waals surface area (Å²) in [5, 5.41) is 17.9. The summed E-state index contributed by atoms with van der Waals surface area (Å²) in [6.07, 6.45) is 9.14. The third kappa shape index (κ3) is 1.65. The summed E-state index contributed by atoms with van der Waals surface area (Å²) in [5.74, 6) is 2.66. The molecule has 4 heteroatoms. The Morgan fingerprint density at radius 3 is 2.30 bits per heavy atom. The molecule has 4 aliphatic rings. The monoisotopic (exact) mass is 270 g/mol. The minimum absolute atomic E-state index is 0.221. The fraction of sp³-hybridized carbons (Fsp3) is 0.812. The van der Waals surface area contributed by atoms with Crippen LogP contribution in [0.5, 0.6) is 0 Å². The molecule has 4 aliphatic carbocycles. The molecule has 0 atom stereocenters. The zero-order chi connectivity index (χ0) is 13.7. The van der Waals surface area contributed by atoms with Crippen molar-refractivity contribution in [2.24, 2.45) is 17.8 Å². The van der Waals surface area contributed by atoms with E-state index in [0.29, 0.717) is 5.69 Å². The normalized spacial score (nSPS) is 38.1.